The summed E-state index contributed by atoms with van der Waals surface area (Å²) in [7, 11) is 0. The van der Waals surface area contributed by atoms with Crippen LogP contribution < -0.4 is 5.84 Å². The lowest BCUT2D eigenvalue weighted by atomic mass is 10.4. The van der Waals surface area contributed by atoms with Crippen LogP contribution in [0.1, 0.15) is 34.2 Å². The van der Waals surface area contributed by atoms with Gasteiger partial charge in [0.2, 0.25) is 5.16 Å². The molecule has 2 heterocycles. The summed E-state index contributed by atoms with van der Waals surface area (Å²) in [6.45, 7) is 4.24. The van der Waals surface area contributed by atoms with E-state index in [4.69, 9.17) is 10.9 Å². The van der Waals surface area contributed by atoms with E-state index in [1.165, 1.54) is 27.8 Å². The zero-order chi connectivity index (χ0) is 15.4. The Bertz CT molecular complexity index is 624. The largest absolute Gasteiger partial charge is 0.477 e. The number of carboxylic acid groups (broad SMARTS) is 1. The molecule has 0 aliphatic rings. The van der Waals surface area contributed by atoms with Gasteiger partial charge >= 0.3 is 5.97 Å². The molecule has 0 atom stereocenters. The molecule has 2 aromatic heterocycles. The van der Waals surface area contributed by atoms with E-state index in [9.17, 15) is 4.79 Å². The summed E-state index contributed by atoms with van der Waals surface area (Å²) in [6, 6.07) is 3.43. The molecular formula is C12H16N4O2S3. The molecule has 0 aliphatic heterocycles. The summed E-state index contributed by atoms with van der Waals surface area (Å²) in [6.07, 6.45) is 0. The molecule has 2 rings (SSSR count). The first-order chi connectivity index (χ1) is 9.97. The van der Waals surface area contributed by atoms with Crippen LogP contribution in [0.15, 0.2) is 17.3 Å². The number of carboxylic acids is 1. The first kappa shape index (κ1) is 16.2. The van der Waals surface area contributed by atoms with Gasteiger partial charge in [0.1, 0.15) is 4.88 Å². The van der Waals surface area contributed by atoms with Crippen LogP contribution in [0.4, 0.5) is 0 Å². The first-order valence-corrected chi connectivity index (χ1v) is 9.08. The summed E-state index contributed by atoms with van der Waals surface area (Å²) in [5.41, 5.74) is 0. The van der Waals surface area contributed by atoms with Crippen molar-refractivity contribution < 1.29 is 9.90 Å². The monoisotopic (exact) mass is 344 g/mol. The standard InChI is InChI=1S/C12H16N4O2S3/c1-7(2)19-6-10-14-15-12(16(10)13)20-5-8-3-4-9(21-8)11(17)18/h3-4,7H,5-6,13H2,1-2H3,(H,17,18). The van der Waals surface area contributed by atoms with Gasteiger partial charge in [-0.25, -0.2) is 9.47 Å². The maximum atomic E-state index is 10.8. The molecule has 9 heteroatoms. The maximum Gasteiger partial charge on any atom is 0.345 e. The predicted molar refractivity (Wildman–Crippen MR) is 87.4 cm³/mol. The number of thiophene rings is 1. The van der Waals surface area contributed by atoms with Gasteiger partial charge in [0.25, 0.3) is 0 Å². The Balaban J connectivity index is 1.95. The van der Waals surface area contributed by atoms with Gasteiger partial charge in [-0.1, -0.05) is 25.6 Å². The van der Waals surface area contributed by atoms with Crippen LogP contribution in [0.3, 0.4) is 0 Å². The Morgan fingerprint density at radius 3 is 2.81 bits per heavy atom. The van der Waals surface area contributed by atoms with E-state index in [0.29, 0.717) is 21.0 Å². The van der Waals surface area contributed by atoms with Gasteiger partial charge in [0.15, 0.2) is 5.82 Å². The van der Waals surface area contributed by atoms with Crippen molar-refractivity contribution in [1.29, 1.82) is 0 Å². The molecule has 2 aromatic rings. The predicted octanol–water partition coefficient (Wildman–Crippen LogP) is 2.69. The number of hydrogen-bond donors (Lipinski definition) is 2. The minimum atomic E-state index is -0.897. The average molecular weight is 344 g/mol. The van der Waals surface area contributed by atoms with Gasteiger partial charge in [-0.15, -0.1) is 21.5 Å². The average Bonchev–Trinajstić information content (AvgIpc) is 3.01. The van der Waals surface area contributed by atoms with E-state index < -0.39 is 5.97 Å². The van der Waals surface area contributed by atoms with Crippen LogP contribution in [-0.2, 0) is 11.5 Å². The van der Waals surface area contributed by atoms with Crippen LogP contribution >= 0.6 is 34.9 Å². The lowest BCUT2D eigenvalue weighted by Gasteiger charge is -2.05. The molecular weight excluding hydrogens is 328 g/mol. The fraction of sp³-hybridized carbons (Fsp3) is 0.417. The van der Waals surface area contributed by atoms with Crippen molar-refractivity contribution in [1.82, 2.24) is 14.9 Å². The fourth-order valence-corrected chi connectivity index (χ4v) is 3.90. The topological polar surface area (TPSA) is 94.0 Å². The molecule has 0 fully saturated rings. The van der Waals surface area contributed by atoms with Crippen LogP contribution in [-0.4, -0.2) is 31.2 Å². The van der Waals surface area contributed by atoms with Crippen LogP contribution in [0.2, 0.25) is 0 Å². The molecule has 0 radical (unpaired) electrons. The smallest absolute Gasteiger partial charge is 0.345 e. The molecule has 0 bridgehead atoms. The van der Waals surface area contributed by atoms with E-state index in [2.05, 4.69) is 24.0 Å². The second-order valence-corrected chi connectivity index (χ2v) is 8.16. The molecule has 0 saturated heterocycles. The van der Waals surface area contributed by atoms with Gasteiger partial charge in [-0.05, 0) is 17.4 Å². The molecule has 0 spiro atoms. The molecule has 114 valence electrons. The summed E-state index contributed by atoms with van der Waals surface area (Å²) < 4.78 is 1.51. The number of carbonyl (C=O) groups is 1. The highest BCUT2D eigenvalue weighted by Crippen LogP contribution is 2.26. The van der Waals surface area contributed by atoms with E-state index in [1.54, 1.807) is 17.8 Å². The van der Waals surface area contributed by atoms with Gasteiger partial charge in [0.05, 0.1) is 5.75 Å². The summed E-state index contributed by atoms with van der Waals surface area (Å²) in [4.78, 5) is 12.1. The van der Waals surface area contributed by atoms with Crippen LogP contribution in [0.5, 0.6) is 0 Å². The second-order valence-electron chi connectivity index (χ2n) is 4.49. The number of rotatable bonds is 7. The highest BCUT2D eigenvalue weighted by atomic mass is 32.2. The Morgan fingerprint density at radius 1 is 1.43 bits per heavy atom. The molecule has 0 saturated carbocycles. The Hall–Kier alpha value is -1.19. The van der Waals surface area contributed by atoms with E-state index >= 15 is 0 Å². The third kappa shape index (κ3) is 4.39. The molecule has 0 aliphatic carbocycles. The van der Waals surface area contributed by atoms with Gasteiger partial charge < -0.3 is 10.9 Å². The fourth-order valence-electron chi connectivity index (χ4n) is 1.45. The van der Waals surface area contributed by atoms with Crippen LogP contribution in [0, 0.1) is 0 Å². The minimum absolute atomic E-state index is 0.342. The van der Waals surface area contributed by atoms with Crippen LogP contribution in [0.25, 0.3) is 0 Å². The molecule has 3 N–H and O–H groups in total. The number of hydrogen-bond acceptors (Lipinski definition) is 7. The highest BCUT2D eigenvalue weighted by Gasteiger charge is 2.12. The van der Waals surface area contributed by atoms with Gasteiger partial charge in [0, 0.05) is 10.6 Å². The van der Waals surface area contributed by atoms with Gasteiger partial charge in [-0.3, -0.25) is 0 Å². The number of aromatic carboxylic acids is 1. The number of aromatic nitrogens is 3. The molecule has 21 heavy (non-hydrogen) atoms. The Kier molecular flexibility index (Phi) is 5.54. The summed E-state index contributed by atoms with van der Waals surface area (Å²) >= 11 is 4.47. The number of nitrogens with zero attached hydrogens (tertiary/aromatic N) is 3. The van der Waals surface area contributed by atoms with Crippen molar-refractivity contribution in [2.24, 2.45) is 0 Å². The van der Waals surface area contributed by atoms with E-state index in [0.717, 1.165) is 16.5 Å². The third-order valence-corrected chi connectivity index (χ3v) is 5.84. The zero-order valence-electron chi connectivity index (χ0n) is 11.6. The number of nitrogens with two attached hydrogens (primary N) is 1. The van der Waals surface area contributed by atoms with Crippen molar-refractivity contribution in [2.45, 2.75) is 35.8 Å². The normalized spacial score (nSPS) is 11.2. The SMILES string of the molecule is CC(C)SCc1nnc(SCc2ccc(C(=O)O)s2)n1N. The third-order valence-electron chi connectivity index (χ3n) is 2.50. The molecule has 6 nitrogen and oxygen atoms in total. The van der Waals surface area contributed by atoms with E-state index in [-0.39, 0.29) is 0 Å². The van der Waals surface area contributed by atoms with Crippen molar-refractivity contribution >= 4 is 40.8 Å². The highest BCUT2D eigenvalue weighted by molar-refractivity contribution is 7.99. The lowest BCUT2D eigenvalue weighted by Crippen LogP contribution is -2.13. The van der Waals surface area contributed by atoms with Crippen molar-refractivity contribution in [2.75, 3.05) is 5.84 Å². The Labute approximate surface area is 135 Å². The van der Waals surface area contributed by atoms with Gasteiger partial charge in [-0.2, -0.15) is 11.8 Å². The molecule has 0 unspecified atom stereocenters. The number of thioether (sulfide) groups is 2. The van der Waals surface area contributed by atoms with Crippen molar-refractivity contribution in [3.8, 4) is 0 Å². The molecule has 0 amide bonds. The van der Waals surface area contributed by atoms with Crippen molar-refractivity contribution in [3.05, 3.63) is 27.7 Å². The Morgan fingerprint density at radius 2 is 2.19 bits per heavy atom. The first-order valence-electron chi connectivity index (χ1n) is 6.23. The maximum absolute atomic E-state index is 10.8. The quantitative estimate of drug-likeness (QED) is 0.589. The zero-order valence-corrected chi connectivity index (χ0v) is 14.1. The van der Waals surface area contributed by atoms with Crippen molar-refractivity contribution in [3.63, 3.8) is 0 Å². The lowest BCUT2D eigenvalue weighted by molar-refractivity contribution is 0.0702. The van der Waals surface area contributed by atoms with E-state index in [1.807, 2.05) is 6.07 Å². The summed E-state index contributed by atoms with van der Waals surface area (Å²) in [5, 5.41) is 18.2. The number of nitrogen functional groups attached to an aromatic ring is 1. The summed E-state index contributed by atoms with van der Waals surface area (Å²) in [5.74, 6) is 7.18. The molecule has 0 aromatic carbocycles. The minimum Gasteiger partial charge on any atom is -0.477 e. The second kappa shape index (κ2) is 7.19.